The van der Waals surface area contributed by atoms with Crippen LogP contribution in [-0.2, 0) is 6.54 Å². The van der Waals surface area contributed by atoms with Crippen LogP contribution in [-0.4, -0.2) is 48.6 Å². The van der Waals surface area contributed by atoms with Crippen molar-refractivity contribution in [1.82, 2.24) is 20.5 Å². The number of aromatic nitrogens is 1. The van der Waals surface area contributed by atoms with Crippen molar-refractivity contribution >= 4 is 29.9 Å². The number of piperidine rings is 1. The third-order valence-electron chi connectivity index (χ3n) is 4.36. The molecule has 1 aliphatic heterocycles. The number of hydrogen-bond donors (Lipinski definition) is 2. The lowest BCUT2D eigenvalue weighted by molar-refractivity contribution is 0.224. The van der Waals surface area contributed by atoms with Crippen LogP contribution in [0, 0.1) is 0 Å². The van der Waals surface area contributed by atoms with Crippen LogP contribution in [0.4, 0.5) is 0 Å². The molecule has 0 radical (unpaired) electrons. The van der Waals surface area contributed by atoms with Crippen LogP contribution in [0.15, 0.2) is 29.4 Å². The minimum absolute atomic E-state index is 0. The molecule has 1 aromatic heterocycles. The van der Waals surface area contributed by atoms with Gasteiger partial charge in [0.15, 0.2) is 5.96 Å². The Morgan fingerprint density at radius 3 is 2.68 bits per heavy atom. The van der Waals surface area contributed by atoms with Gasteiger partial charge in [0.2, 0.25) is 0 Å². The Hall–Kier alpha value is -0.890. The summed E-state index contributed by atoms with van der Waals surface area (Å²) >= 11 is 0. The van der Waals surface area contributed by atoms with E-state index in [2.05, 4.69) is 32.4 Å². The molecule has 2 rings (SSSR count). The Kier molecular flexibility index (Phi) is 12.7. The van der Waals surface area contributed by atoms with Crippen molar-refractivity contribution in [3.05, 3.63) is 30.1 Å². The van der Waals surface area contributed by atoms with Gasteiger partial charge in [0.25, 0.3) is 0 Å². The lowest BCUT2D eigenvalue weighted by atomic mass is 10.1. The molecule has 0 aromatic carbocycles. The zero-order valence-corrected chi connectivity index (χ0v) is 17.9. The highest BCUT2D eigenvalue weighted by Gasteiger charge is 2.08. The number of pyridine rings is 1. The molecule has 0 saturated carbocycles. The van der Waals surface area contributed by atoms with Gasteiger partial charge in [0.1, 0.15) is 0 Å². The highest BCUT2D eigenvalue weighted by atomic mass is 127. The van der Waals surface area contributed by atoms with Crippen molar-refractivity contribution in [3.63, 3.8) is 0 Å². The van der Waals surface area contributed by atoms with Gasteiger partial charge in [0, 0.05) is 19.3 Å². The van der Waals surface area contributed by atoms with Gasteiger partial charge in [-0.25, -0.2) is 4.99 Å². The van der Waals surface area contributed by atoms with Gasteiger partial charge in [-0.15, -0.1) is 24.0 Å². The Morgan fingerprint density at radius 2 is 1.96 bits per heavy atom. The number of aliphatic imine (C=N–C) groups is 1. The van der Waals surface area contributed by atoms with E-state index in [1.807, 2.05) is 24.4 Å². The number of nitrogens with zero attached hydrogens (tertiary/aromatic N) is 3. The maximum atomic E-state index is 4.60. The molecule has 1 saturated heterocycles. The second-order valence-electron chi connectivity index (χ2n) is 6.41. The van der Waals surface area contributed by atoms with Gasteiger partial charge in [0.05, 0.1) is 12.2 Å². The standard InChI is InChI=1S/C19H33N5.HI/c1-2-20-19(23-17-18-11-5-7-12-21-18)22-13-6-3-8-14-24-15-9-4-10-16-24;/h5,7,11-12H,2-4,6,8-10,13-17H2,1H3,(H2,20,22,23);1H. The van der Waals surface area contributed by atoms with Crippen molar-refractivity contribution in [2.75, 3.05) is 32.7 Å². The van der Waals surface area contributed by atoms with Crippen molar-refractivity contribution in [2.24, 2.45) is 4.99 Å². The Morgan fingerprint density at radius 1 is 1.12 bits per heavy atom. The summed E-state index contributed by atoms with van der Waals surface area (Å²) in [7, 11) is 0. The summed E-state index contributed by atoms with van der Waals surface area (Å²) in [6.45, 7) is 8.46. The van der Waals surface area contributed by atoms with E-state index in [4.69, 9.17) is 0 Å². The SMILES string of the molecule is CCNC(=NCc1ccccn1)NCCCCCN1CCCCC1.I. The maximum absolute atomic E-state index is 4.60. The normalized spacial score (nSPS) is 15.5. The van der Waals surface area contributed by atoms with Crippen LogP contribution in [0.1, 0.15) is 51.1 Å². The van der Waals surface area contributed by atoms with E-state index in [-0.39, 0.29) is 24.0 Å². The Balaban J connectivity index is 0.00000312. The number of likely N-dealkylation sites (tertiary alicyclic amines) is 1. The molecule has 0 unspecified atom stereocenters. The second-order valence-corrected chi connectivity index (χ2v) is 6.41. The van der Waals surface area contributed by atoms with E-state index in [0.717, 1.165) is 24.7 Å². The Bertz CT molecular complexity index is 460. The molecule has 1 aromatic rings. The molecular weight excluding hydrogens is 425 g/mol. The third kappa shape index (κ3) is 9.99. The molecule has 5 nitrogen and oxygen atoms in total. The molecule has 6 heteroatoms. The number of nitrogens with one attached hydrogen (secondary N) is 2. The molecule has 0 aliphatic carbocycles. The smallest absolute Gasteiger partial charge is 0.191 e. The van der Waals surface area contributed by atoms with Gasteiger partial charge < -0.3 is 15.5 Å². The van der Waals surface area contributed by atoms with Crippen LogP contribution in [0.2, 0.25) is 0 Å². The largest absolute Gasteiger partial charge is 0.357 e. The first-order valence-corrected chi connectivity index (χ1v) is 9.53. The molecular formula is C19H34IN5. The fourth-order valence-corrected chi connectivity index (χ4v) is 3.02. The maximum Gasteiger partial charge on any atom is 0.191 e. The zero-order valence-electron chi connectivity index (χ0n) is 15.5. The molecule has 0 amide bonds. The molecule has 1 fully saturated rings. The van der Waals surface area contributed by atoms with E-state index in [9.17, 15) is 0 Å². The monoisotopic (exact) mass is 459 g/mol. The number of halogens is 1. The molecule has 0 spiro atoms. The van der Waals surface area contributed by atoms with Gasteiger partial charge in [-0.2, -0.15) is 0 Å². The molecule has 25 heavy (non-hydrogen) atoms. The second kappa shape index (κ2) is 14.3. The summed E-state index contributed by atoms with van der Waals surface area (Å²) in [6.07, 6.45) is 9.80. The van der Waals surface area contributed by atoms with Crippen LogP contribution in [0.3, 0.4) is 0 Å². The zero-order chi connectivity index (χ0) is 16.9. The van der Waals surface area contributed by atoms with E-state index >= 15 is 0 Å². The van der Waals surface area contributed by atoms with Gasteiger partial charge in [-0.1, -0.05) is 18.9 Å². The highest BCUT2D eigenvalue weighted by Crippen LogP contribution is 2.09. The molecule has 2 N–H and O–H groups in total. The summed E-state index contributed by atoms with van der Waals surface area (Å²) in [5, 5.41) is 6.73. The van der Waals surface area contributed by atoms with Gasteiger partial charge in [-0.3, -0.25) is 4.98 Å². The first-order chi connectivity index (χ1) is 11.9. The van der Waals surface area contributed by atoms with Crippen LogP contribution in [0.25, 0.3) is 0 Å². The summed E-state index contributed by atoms with van der Waals surface area (Å²) in [6, 6.07) is 5.94. The first kappa shape index (κ1) is 22.2. The number of hydrogen-bond acceptors (Lipinski definition) is 3. The van der Waals surface area contributed by atoms with Crippen LogP contribution in [0.5, 0.6) is 0 Å². The molecule has 0 bridgehead atoms. The summed E-state index contributed by atoms with van der Waals surface area (Å²) in [4.78, 5) is 11.5. The number of unbranched alkanes of at least 4 members (excludes halogenated alkanes) is 2. The van der Waals surface area contributed by atoms with E-state index in [0.29, 0.717) is 6.54 Å². The van der Waals surface area contributed by atoms with Crippen molar-refractivity contribution < 1.29 is 0 Å². The quantitative estimate of drug-likeness (QED) is 0.257. The predicted molar refractivity (Wildman–Crippen MR) is 117 cm³/mol. The van der Waals surface area contributed by atoms with Crippen LogP contribution < -0.4 is 10.6 Å². The Labute approximate surface area is 170 Å². The first-order valence-electron chi connectivity index (χ1n) is 9.53. The minimum Gasteiger partial charge on any atom is -0.357 e. The average molecular weight is 459 g/mol. The lowest BCUT2D eigenvalue weighted by Crippen LogP contribution is -2.37. The molecule has 1 aliphatic rings. The van der Waals surface area contributed by atoms with Crippen molar-refractivity contribution in [1.29, 1.82) is 0 Å². The third-order valence-corrected chi connectivity index (χ3v) is 4.36. The van der Waals surface area contributed by atoms with E-state index in [1.54, 1.807) is 0 Å². The predicted octanol–water partition coefficient (Wildman–Crippen LogP) is 3.41. The summed E-state index contributed by atoms with van der Waals surface area (Å²) < 4.78 is 0. The van der Waals surface area contributed by atoms with Crippen LogP contribution >= 0.6 is 24.0 Å². The van der Waals surface area contributed by atoms with Crippen molar-refractivity contribution in [2.45, 2.75) is 52.0 Å². The van der Waals surface area contributed by atoms with Crippen molar-refractivity contribution in [3.8, 4) is 0 Å². The average Bonchev–Trinajstić information content (AvgIpc) is 2.64. The lowest BCUT2D eigenvalue weighted by Gasteiger charge is -2.26. The summed E-state index contributed by atoms with van der Waals surface area (Å²) in [5.41, 5.74) is 0.997. The van der Waals surface area contributed by atoms with Gasteiger partial charge in [-0.05, 0) is 64.4 Å². The summed E-state index contributed by atoms with van der Waals surface area (Å²) in [5.74, 6) is 0.888. The number of rotatable bonds is 9. The minimum atomic E-state index is 0. The topological polar surface area (TPSA) is 52.6 Å². The number of guanidine groups is 1. The highest BCUT2D eigenvalue weighted by molar-refractivity contribution is 14.0. The molecule has 0 atom stereocenters. The fourth-order valence-electron chi connectivity index (χ4n) is 3.02. The van der Waals surface area contributed by atoms with E-state index < -0.39 is 0 Å². The molecule has 2 heterocycles. The van der Waals surface area contributed by atoms with E-state index in [1.165, 1.54) is 58.2 Å². The fraction of sp³-hybridized carbons (Fsp3) is 0.684. The van der Waals surface area contributed by atoms with Gasteiger partial charge >= 0.3 is 0 Å². The molecule has 142 valence electrons.